The molecule has 0 bridgehead atoms. The number of thiophene rings is 1. The molecule has 2 nitrogen and oxygen atoms in total. The summed E-state index contributed by atoms with van der Waals surface area (Å²) in [6, 6.07) is 12.7. The van der Waals surface area contributed by atoms with Crippen LogP contribution in [0, 0.1) is 0 Å². The molecular weight excluding hydrogens is 276 g/mol. The first-order chi connectivity index (χ1) is 9.25. The van der Waals surface area contributed by atoms with Crippen LogP contribution in [0.4, 0.5) is 0 Å². The Bertz CT molecular complexity index is 673. The largest absolute Gasteiger partial charge is 0.356 e. The van der Waals surface area contributed by atoms with Gasteiger partial charge in [-0.2, -0.15) is 0 Å². The Hall–Kier alpha value is -1.29. The van der Waals surface area contributed by atoms with Crippen LogP contribution in [-0.2, 0) is 6.54 Å². The fraction of sp³-hybridized carbons (Fsp3) is 0.200. The van der Waals surface area contributed by atoms with E-state index >= 15 is 0 Å². The van der Waals surface area contributed by atoms with E-state index in [1.165, 1.54) is 4.88 Å². The molecule has 0 amide bonds. The van der Waals surface area contributed by atoms with Crippen molar-refractivity contribution < 1.29 is 0 Å². The summed E-state index contributed by atoms with van der Waals surface area (Å²) in [5.41, 5.74) is 2.14. The predicted octanol–water partition coefficient (Wildman–Crippen LogP) is 4.73. The lowest BCUT2D eigenvalue weighted by Crippen LogP contribution is -2.17. The number of aromatic amines is 1. The molecule has 0 saturated heterocycles. The van der Waals surface area contributed by atoms with Gasteiger partial charge in [0.25, 0.3) is 0 Å². The van der Waals surface area contributed by atoms with E-state index in [-0.39, 0.29) is 0 Å². The monoisotopic (exact) mass is 290 g/mol. The maximum atomic E-state index is 6.40. The van der Waals surface area contributed by atoms with Gasteiger partial charge >= 0.3 is 0 Å². The van der Waals surface area contributed by atoms with E-state index in [2.05, 4.69) is 34.7 Å². The number of hydrogen-bond acceptors (Lipinski definition) is 2. The van der Waals surface area contributed by atoms with E-state index in [9.17, 15) is 0 Å². The maximum Gasteiger partial charge on any atom is 0.0705 e. The van der Waals surface area contributed by atoms with Crippen molar-refractivity contribution in [2.75, 3.05) is 0 Å². The van der Waals surface area contributed by atoms with E-state index in [1.54, 1.807) is 11.3 Å². The van der Waals surface area contributed by atoms with Crippen LogP contribution >= 0.6 is 22.9 Å². The van der Waals surface area contributed by atoms with E-state index < -0.39 is 0 Å². The molecule has 4 heteroatoms. The number of H-pyrrole nitrogens is 1. The second-order valence-electron chi connectivity index (χ2n) is 4.58. The number of para-hydroxylation sites is 1. The summed E-state index contributed by atoms with van der Waals surface area (Å²) >= 11 is 8.17. The number of nitrogens with one attached hydrogen (secondary N) is 2. The third kappa shape index (κ3) is 2.54. The van der Waals surface area contributed by atoms with Crippen molar-refractivity contribution in [1.29, 1.82) is 0 Å². The van der Waals surface area contributed by atoms with E-state index in [1.807, 2.05) is 24.3 Å². The molecule has 0 aliphatic rings. The van der Waals surface area contributed by atoms with Gasteiger partial charge in [-0.3, -0.25) is 0 Å². The third-order valence-electron chi connectivity index (χ3n) is 3.27. The molecule has 2 aromatic heterocycles. The maximum absolute atomic E-state index is 6.40. The van der Waals surface area contributed by atoms with Crippen LogP contribution in [-0.4, -0.2) is 4.98 Å². The molecule has 3 aromatic rings. The van der Waals surface area contributed by atoms with Gasteiger partial charge in [0.15, 0.2) is 0 Å². The zero-order valence-corrected chi connectivity index (χ0v) is 12.2. The third-order valence-corrected chi connectivity index (χ3v) is 4.76. The lowest BCUT2D eigenvalue weighted by molar-refractivity contribution is 0.577. The predicted molar refractivity (Wildman–Crippen MR) is 82.9 cm³/mol. The molecule has 0 spiro atoms. The fourth-order valence-corrected chi connectivity index (χ4v) is 3.22. The summed E-state index contributed by atoms with van der Waals surface area (Å²) in [5.74, 6) is 0. The molecular formula is C15H15ClN2S. The van der Waals surface area contributed by atoms with E-state index in [0.29, 0.717) is 6.04 Å². The first-order valence-electron chi connectivity index (χ1n) is 6.27. The highest BCUT2D eigenvalue weighted by molar-refractivity contribution is 7.10. The average Bonchev–Trinajstić information content (AvgIpc) is 3.05. The van der Waals surface area contributed by atoms with Crippen LogP contribution in [0.2, 0.25) is 5.02 Å². The second-order valence-corrected chi connectivity index (χ2v) is 5.94. The Morgan fingerprint density at radius 2 is 2.11 bits per heavy atom. The number of hydrogen-bond donors (Lipinski definition) is 2. The van der Waals surface area contributed by atoms with Crippen LogP contribution in [0.25, 0.3) is 10.9 Å². The molecule has 0 aliphatic carbocycles. The number of halogens is 1. The topological polar surface area (TPSA) is 27.8 Å². The van der Waals surface area contributed by atoms with Gasteiger partial charge in [-0.05, 0) is 24.4 Å². The molecule has 98 valence electrons. The summed E-state index contributed by atoms with van der Waals surface area (Å²) in [6.45, 7) is 2.91. The van der Waals surface area contributed by atoms with E-state index in [4.69, 9.17) is 11.6 Å². The van der Waals surface area contributed by atoms with Gasteiger partial charge in [0.2, 0.25) is 0 Å². The van der Waals surface area contributed by atoms with Gasteiger partial charge in [0.05, 0.1) is 5.02 Å². The molecule has 3 rings (SSSR count). The molecule has 1 atom stereocenters. The fourth-order valence-electron chi connectivity index (χ4n) is 2.18. The van der Waals surface area contributed by atoms with Crippen LogP contribution in [0.5, 0.6) is 0 Å². The van der Waals surface area contributed by atoms with Crippen molar-refractivity contribution >= 4 is 33.8 Å². The molecule has 0 radical (unpaired) electrons. The summed E-state index contributed by atoms with van der Waals surface area (Å²) in [6.07, 6.45) is 0. The smallest absolute Gasteiger partial charge is 0.0705 e. The highest BCUT2D eigenvalue weighted by Gasteiger charge is 2.11. The van der Waals surface area contributed by atoms with Crippen LogP contribution < -0.4 is 5.32 Å². The van der Waals surface area contributed by atoms with Gasteiger partial charge in [-0.25, -0.2) is 0 Å². The number of rotatable bonds is 4. The van der Waals surface area contributed by atoms with Crippen molar-refractivity contribution in [2.24, 2.45) is 0 Å². The van der Waals surface area contributed by atoms with Crippen LogP contribution in [0.15, 0.2) is 41.8 Å². The minimum atomic E-state index is 0.336. The molecule has 19 heavy (non-hydrogen) atoms. The lowest BCUT2D eigenvalue weighted by Gasteiger charge is -2.11. The van der Waals surface area contributed by atoms with Crippen LogP contribution in [0.1, 0.15) is 23.5 Å². The second kappa shape index (κ2) is 5.37. The zero-order valence-electron chi connectivity index (χ0n) is 10.6. The van der Waals surface area contributed by atoms with Crippen molar-refractivity contribution in [3.63, 3.8) is 0 Å². The van der Waals surface area contributed by atoms with Gasteiger partial charge in [0, 0.05) is 34.1 Å². The summed E-state index contributed by atoms with van der Waals surface area (Å²) in [7, 11) is 0. The number of fused-ring (bicyclic) bond motifs is 1. The quantitative estimate of drug-likeness (QED) is 0.714. The van der Waals surface area contributed by atoms with Crippen LogP contribution in [0.3, 0.4) is 0 Å². The molecule has 0 unspecified atom stereocenters. The van der Waals surface area contributed by atoms with Crippen molar-refractivity contribution in [3.05, 3.63) is 57.4 Å². The van der Waals surface area contributed by atoms with E-state index in [0.717, 1.165) is 28.2 Å². The first kappa shape index (κ1) is 12.7. The standard InChI is InChI=1S/C15H15ClN2S/c1-10(14-7-4-8-19-14)17-9-13-15(16)11-5-2-3-6-12(11)18-13/h2-8,10,17-18H,9H2,1H3/t10-/m1/s1. The highest BCUT2D eigenvalue weighted by atomic mass is 35.5. The summed E-state index contributed by atoms with van der Waals surface area (Å²) in [5, 5.41) is 7.51. The SMILES string of the molecule is C[C@@H](NCc1[nH]c2ccccc2c1Cl)c1cccs1. The summed E-state index contributed by atoms with van der Waals surface area (Å²) < 4.78 is 0. The lowest BCUT2D eigenvalue weighted by atomic mass is 10.2. The molecule has 0 aliphatic heterocycles. The average molecular weight is 291 g/mol. The van der Waals surface area contributed by atoms with Crippen molar-refractivity contribution in [2.45, 2.75) is 19.5 Å². The molecule has 2 N–H and O–H groups in total. The Morgan fingerprint density at radius 1 is 1.26 bits per heavy atom. The molecule has 1 aromatic carbocycles. The number of benzene rings is 1. The minimum Gasteiger partial charge on any atom is -0.356 e. The van der Waals surface area contributed by atoms with Gasteiger partial charge in [0.1, 0.15) is 0 Å². The minimum absolute atomic E-state index is 0.336. The molecule has 2 heterocycles. The Morgan fingerprint density at radius 3 is 2.84 bits per heavy atom. The molecule has 0 fully saturated rings. The normalized spacial score (nSPS) is 12.9. The Kier molecular flexibility index (Phi) is 3.60. The van der Waals surface area contributed by atoms with Gasteiger partial charge in [-0.1, -0.05) is 35.9 Å². The van der Waals surface area contributed by atoms with Gasteiger partial charge in [-0.15, -0.1) is 11.3 Å². The van der Waals surface area contributed by atoms with Crippen molar-refractivity contribution in [3.8, 4) is 0 Å². The van der Waals surface area contributed by atoms with Crippen molar-refractivity contribution in [1.82, 2.24) is 10.3 Å². The number of aromatic nitrogens is 1. The first-order valence-corrected chi connectivity index (χ1v) is 7.53. The Labute approximate surface area is 121 Å². The zero-order chi connectivity index (χ0) is 13.2. The summed E-state index contributed by atoms with van der Waals surface area (Å²) in [4.78, 5) is 4.71. The highest BCUT2D eigenvalue weighted by Crippen LogP contribution is 2.27. The van der Waals surface area contributed by atoms with Gasteiger partial charge < -0.3 is 10.3 Å². The molecule has 0 saturated carbocycles. The Balaban J connectivity index is 1.77.